The zero-order chi connectivity index (χ0) is 17.2. The third-order valence-corrected chi connectivity index (χ3v) is 8.05. The summed E-state index contributed by atoms with van der Waals surface area (Å²) in [5, 5.41) is 0. The first-order valence-electron chi connectivity index (χ1n) is 8.13. The highest BCUT2D eigenvalue weighted by Gasteiger charge is 2.38. The maximum atomic E-state index is 12.9. The molecule has 2 aromatic carbocycles. The number of benzene rings is 2. The van der Waals surface area contributed by atoms with E-state index in [4.69, 9.17) is 0 Å². The van der Waals surface area contributed by atoms with Gasteiger partial charge in [-0.15, -0.1) is 4.43 Å². The molecule has 0 unspecified atom stereocenters. The number of carbonyl (C=O) groups is 1. The summed E-state index contributed by atoms with van der Waals surface area (Å²) in [5.74, 6) is 0. The van der Waals surface area contributed by atoms with Crippen molar-refractivity contribution in [1.82, 2.24) is 4.31 Å². The molecule has 0 aliphatic carbocycles. The minimum atomic E-state index is -3.61. The molecule has 1 saturated heterocycles. The smallest absolute Gasteiger partial charge is 0.319 e. The quantitative estimate of drug-likeness (QED) is 0.761. The van der Waals surface area contributed by atoms with E-state index in [1.54, 1.807) is 24.3 Å². The lowest BCUT2D eigenvalue weighted by Crippen LogP contribution is -2.44. The van der Waals surface area contributed by atoms with Gasteiger partial charge in [-0.1, -0.05) is 48.0 Å². The topological polar surface area (TPSA) is 54.5 Å². The van der Waals surface area contributed by atoms with Crippen LogP contribution in [0, 0.1) is 6.92 Å². The second kappa shape index (κ2) is 7.20. The van der Waals surface area contributed by atoms with Gasteiger partial charge in [0.2, 0.25) is 10.0 Å². The van der Waals surface area contributed by atoms with Gasteiger partial charge in [-0.25, -0.2) is 8.42 Å². The molecule has 1 heterocycles. The monoisotopic (exact) mass is 357 g/mol. The number of nitrogens with zero attached hydrogens (tertiary/aromatic N) is 1. The van der Waals surface area contributed by atoms with Crippen LogP contribution in [0.4, 0.5) is 0 Å². The van der Waals surface area contributed by atoms with E-state index in [1.807, 2.05) is 37.3 Å². The molecule has 3 rings (SSSR count). The van der Waals surface area contributed by atoms with Gasteiger partial charge in [-0.05, 0) is 31.9 Å². The van der Waals surface area contributed by atoms with Crippen molar-refractivity contribution in [3.05, 3.63) is 60.2 Å². The maximum Gasteiger partial charge on any atom is 0.384 e. The molecule has 0 saturated carbocycles. The van der Waals surface area contributed by atoms with Crippen molar-refractivity contribution in [2.45, 2.75) is 30.7 Å². The molecule has 6 heteroatoms. The molecule has 0 aromatic heterocycles. The number of hydrogen-bond acceptors (Lipinski definition) is 3. The number of aryl methyl sites for hydroxylation is 1. The molecule has 1 aliphatic heterocycles. The molecule has 24 heavy (non-hydrogen) atoms. The zero-order valence-electron chi connectivity index (χ0n) is 13.7. The predicted octanol–water partition coefficient (Wildman–Crippen LogP) is 1.44. The molecule has 0 N–H and O–H groups in total. The van der Waals surface area contributed by atoms with Crippen LogP contribution in [0.5, 0.6) is 0 Å². The van der Waals surface area contributed by atoms with Crippen LogP contribution in [0.15, 0.2) is 59.5 Å². The first kappa shape index (κ1) is 17.4. The fourth-order valence-corrected chi connectivity index (χ4v) is 6.49. The van der Waals surface area contributed by atoms with Gasteiger partial charge in [0.15, 0.2) is 0 Å². The molecule has 1 fully saturated rings. The Morgan fingerprint density at radius 3 is 2.42 bits per heavy atom. The summed E-state index contributed by atoms with van der Waals surface area (Å²) in [4.78, 5) is 13.0. The van der Waals surface area contributed by atoms with Gasteiger partial charge in [-0.3, -0.25) is 0 Å². The summed E-state index contributed by atoms with van der Waals surface area (Å²) in [6.45, 7) is 2.35. The highest BCUT2D eigenvalue weighted by Crippen LogP contribution is 2.26. The standard InChI is InChI=1S/C12H14NO3S.C6H5.Al.H/c1-10-4-6-12(7-5-10)17(15,16)13-8-2-3-11(13)9-14;1-2-4-6-5-3-1;;/h4-7,11H,2-3,8H2,1H3;1-5H;;/t11-;;;/m0.../s1. The fraction of sp³-hybridized carbons (Fsp3) is 0.278. The van der Waals surface area contributed by atoms with E-state index < -0.39 is 31.3 Å². The lowest BCUT2D eigenvalue weighted by Gasteiger charge is -2.23. The van der Waals surface area contributed by atoms with Gasteiger partial charge >= 0.3 is 15.2 Å². The fourth-order valence-electron chi connectivity index (χ4n) is 3.11. The molecule has 2 aromatic rings. The largest absolute Gasteiger partial charge is 0.384 e. The number of sulfonamides is 1. The Labute approximate surface area is 149 Å². The summed E-state index contributed by atoms with van der Waals surface area (Å²) in [5.41, 5.74) is 1.01. The molecule has 1 aliphatic rings. The Morgan fingerprint density at radius 2 is 1.75 bits per heavy atom. The Balaban J connectivity index is 1.82. The highest BCUT2D eigenvalue weighted by molar-refractivity contribution is 7.89. The number of rotatable bonds is 5. The third-order valence-electron chi connectivity index (χ3n) is 4.42. The molecule has 124 valence electrons. The van der Waals surface area contributed by atoms with Crippen LogP contribution in [-0.2, 0) is 14.8 Å². The molecule has 0 radical (unpaired) electrons. The Morgan fingerprint density at radius 1 is 1.08 bits per heavy atom. The summed E-state index contributed by atoms with van der Waals surface area (Å²) < 4.78 is 28.4. The Bertz CT molecular complexity index is 819. The first-order chi connectivity index (χ1) is 11.5. The van der Waals surface area contributed by atoms with Gasteiger partial charge in [0, 0.05) is 6.54 Å². The van der Waals surface area contributed by atoms with Gasteiger partial charge in [0.1, 0.15) is 0 Å². The second-order valence-corrected chi connectivity index (χ2v) is 9.97. The van der Waals surface area contributed by atoms with Crippen molar-refractivity contribution in [3.8, 4) is 0 Å². The maximum absolute atomic E-state index is 12.9. The van der Waals surface area contributed by atoms with Gasteiger partial charge in [0.05, 0.1) is 15.6 Å². The SMILES string of the molecule is Cc1ccc(S(=O)(=O)N2CCC[C@H]2[C](=O)[AlH][c]2ccccc2)cc1. The molecular formula is C18H20AlNO3S. The van der Waals surface area contributed by atoms with Crippen LogP contribution in [-0.4, -0.2) is 45.2 Å². The van der Waals surface area contributed by atoms with Crippen molar-refractivity contribution in [2.75, 3.05) is 6.54 Å². The molecule has 0 bridgehead atoms. The van der Waals surface area contributed by atoms with Crippen LogP contribution in [0.25, 0.3) is 0 Å². The summed E-state index contributed by atoms with van der Waals surface area (Å²) in [7, 11) is -3.61. The lowest BCUT2D eigenvalue weighted by atomic mass is 10.2. The average Bonchev–Trinajstić information content (AvgIpc) is 3.07. The van der Waals surface area contributed by atoms with Crippen molar-refractivity contribution < 1.29 is 13.2 Å². The van der Waals surface area contributed by atoms with E-state index in [-0.39, 0.29) is 9.54 Å². The molecule has 1 atom stereocenters. The van der Waals surface area contributed by atoms with E-state index in [0.29, 0.717) is 13.0 Å². The minimum Gasteiger partial charge on any atom is -0.319 e. The molecule has 0 spiro atoms. The molecule has 0 amide bonds. The van der Waals surface area contributed by atoms with Crippen molar-refractivity contribution >= 4 is 34.3 Å². The third kappa shape index (κ3) is 3.63. The first-order valence-corrected chi connectivity index (χ1v) is 11.0. The van der Waals surface area contributed by atoms with E-state index >= 15 is 0 Å². The van der Waals surface area contributed by atoms with Crippen molar-refractivity contribution in [3.63, 3.8) is 0 Å². The van der Waals surface area contributed by atoms with E-state index in [2.05, 4.69) is 0 Å². The average molecular weight is 357 g/mol. The van der Waals surface area contributed by atoms with Crippen LogP contribution in [0.1, 0.15) is 18.4 Å². The van der Waals surface area contributed by atoms with E-state index in [1.165, 1.54) is 4.31 Å². The van der Waals surface area contributed by atoms with Crippen molar-refractivity contribution in [1.29, 1.82) is 0 Å². The van der Waals surface area contributed by atoms with Crippen LogP contribution < -0.4 is 4.43 Å². The highest BCUT2D eigenvalue weighted by atomic mass is 32.2. The van der Waals surface area contributed by atoms with Crippen LogP contribution >= 0.6 is 0 Å². The Kier molecular flexibility index (Phi) is 5.22. The van der Waals surface area contributed by atoms with Gasteiger partial charge in [0.25, 0.3) is 0 Å². The normalized spacial score (nSPS) is 18.5. The van der Waals surface area contributed by atoms with Gasteiger partial charge < -0.3 is 4.79 Å². The number of hydrogen-bond donors (Lipinski definition) is 0. The van der Waals surface area contributed by atoms with Crippen LogP contribution in [0.3, 0.4) is 0 Å². The number of carbonyl (C=O) groups excluding carboxylic acids is 1. The zero-order valence-corrected chi connectivity index (χ0v) is 15.9. The van der Waals surface area contributed by atoms with E-state index in [9.17, 15) is 13.2 Å². The second-order valence-electron chi connectivity index (χ2n) is 6.22. The van der Waals surface area contributed by atoms with Crippen molar-refractivity contribution in [2.24, 2.45) is 0 Å². The molecular weight excluding hydrogens is 337 g/mol. The lowest BCUT2D eigenvalue weighted by molar-refractivity contribution is -0.114. The summed E-state index contributed by atoms with van der Waals surface area (Å²) in [6.07, 6.45) is 1.37. The van der Waals surface area contributed by atoms with Gasteiger partial charge in [-0.2, -0.15) is 4.31 Å². The Hall–Kier alpha value is -1.45. The predicted molar refractivity (Wildman–Crippen MR) is 96.3 cm³/mol. The summed E-state index contributed by atoms with van der Waals surface area (Å²) in [6, 6.07) is 16.0. The minimum absolute atomic E-state index is 0.106. The summed E-state index contributed by atoms with van der Waals surface area (Å²) >= 11 is -1.14. The molecule has 4 nitrogen and oxygen atoms in total. The van der Waals surface area contributed by atoms with Crippen LogP contribution in [0.2, 0.25) is 0 Å². The van der Waals surface area contributed by atoms with E-state index in [0.717, 1.165) is 16.4 Å².